The largest absolute Gasteiger partial charge is 0.494 e. The number of nitrogens with zero attached hydrogens (tertiary/aromatic N) is 1. The molecule has 0 radical (unpaired) electrons. The molecular formula is C17H26N2O3. The van der Waals surface area contributed by atoms with Crippen LogP contribution in [-0.4, -0.2) is 42.8 Å². The number of hydrogen-bond acceptors (Lipinski definition) is 4. The fraction of sp³-hybridized carbons (Fsp3) is 0.588. The van der Waals surface area contributed by atoms with Gasteiger partial charge in [-0.3, -0.25) is 0 Å². The molecule has 1 saturated heterocycles. The summed E-state index contributed by atoms with van der Waals surface area (Å²) in [6, 6.07) is 8.14. The predicted molar refractivity (Wildman–Crippen MR) is 86.2 cm³/mol. The van der Waals surface area contributed by atoms with Crippen molar-refractivity contribution in [1.82, 2.24) is 10.2 Å². The molecule has 1 aromatic carbocycles. The second-order valence-electron chi connectivity index (χ2n) is 6.44. The molecule has 0 aliphatic carbocycles. The zero-order chi connectivity index (χ0) is 16.2. The number of amides is 1. The molecule has 1 amide bonds. The van der Waals surface area contributed by atoms with E-state index in [4.69, 9.17) is 9.47 Å². The van der Waals surface area contributed by atoms with Gasteiger partial charge in [0.2, 0.25) is 0 Å². The SMILES string of the molecule is CCOc1ccc(C2CN(C(=O)OC(C)(C)C)CCN2)cc1. The van der Waals surface area contributed by atoms with E-state index in [0.717, 1.165) is 17.9 Å². The first-order chi connectivity index (χ1) is 10.4. The van der Waals surface area contributed by atoms with Crippen molar-refractivity contribution in [3.63, 3.8) is 0 Å². The second kappa shape index (κ2) is 7.01. The topological polar surface area (TPSA) is 50.8 Å². The van der Waals surface area contributed by atoms with Crippen LogP contribution in [0.4, 0.5) is 4.79 Å². The highest BCUT2D eigenvalue weighted by atomic mass is 16.6. The van der Waals surface area contributed by atoms with Gasteiger partial charge >= 0.3 is 6.09 Å². The maximum absolute atomic E-state index is 12.2. The summed E-state index contributed by atoms with van der Waals surface area (Å²) in [5, 5.41) is 3.44. The van der Waals surface area contributed by atoms with Crippen molar-refractivity contribution < 1.29 is 14.3 Å². The first kappa shape index (κ1) is 16.6. The Morgan fingerprint density at radius 1 is 1.32 bits per heavy atom. The Morgan fingerprint density at radius 3 is 2.59 bits per heavy atom. The van der Waals surface area contributed by atoms with Gasteiger partial charge < -0.3 is 19.7 Å². The van der Waals surface area contributed by atoms with Crippen molar-refractivity contribution in [3.8, 4) is 5.75 Å². The summed E-state index contributed by atoms with van der Waals surface area (Å²) in [6.45, 7) is 10.3. The highest BCUT2D eigenvalue weighted by Crippen LogP contribution is 2.21. The summed E-state index contributed by atoms with van der Waals surface area (Å²) in [7, 11) is 0. The first-order valence-electron chi connectivity index (χ1n) is 7.83. The molecule has 1 aromatic rings. The lowest BCUT2D eigenvalue weighted by Crippen LogP contribution is -2.49. The third-order valence-corrected chi connectivity index (χ3v) is 3.42. The molecule has 1 N–H and O–H groups in total. The third-order valence-electron chi connectivity index (χ3n) is 3.42. The summed E-state index contributed by atoms with van der Waals surface area (Å²) in [5.74, 6) is 0.867. The van der Waals surface area contributed by atoms with Gasteiger partial charge in [-0.1, -0.05) is 12.1 Å². The van der Waals surface area contributed by atoms with Crippen LogP contribution in [0.25, 0.3) is 0 Å². The molecule has 1 fully saturated rings. The van der Waals surface area contributed by atoms with Crippen molar-refractivity contribution in [2.75, 3.05) is 26.2 Å². The molecule has 5 heteroatoms. The van der Waals surface area contributed by atoms with Crippen molar-refractivity contribution in [1.29, 1.82) is 0 Å². The Hall–Kier alpha value is -1.75. The minimum Gasteiger partial charge on any atom is -0.494 e. The van der Waals surface area contributed by atoms with Gasteiger partial charge in [-0.05, 0) is 45.4 Å². The smallest absolute Gasteiger partial charge is 0.410 e. The van der Waals surface area contributed by atoms with Crippen molar-refractivity contribution in [2.24, 2.45) is 0 Å². The van der Waals surface area contributed by atoms with Crippen molar-refractivity contribution in [2.45, 2.75) is 39.3 Å². The fourth-order valence-electron chi connectivity index (χ4n) is 2.43. The van der Waals surface area contributed by atoms with Gasteiger partial charge in [0.05, 0.1) is 12.6 Å². The molecule has 1 aliphatic rings. The number of rotatable bonds is 3. The molecule has 1 unspecified atom stereocenters. The van der Waals surface area contributed by atoms with E-state index in [2.05, 4.69) is 5.32 Å². The minimum atomic E-state index is -0.462. The number of ether oxygens (including phenoxy) is 2. The lowest BCUT2D eigenvalue weighted by Gasteiger charge is -2.35. The zero-order valence-electron chi connectivity index (χ0n) is 13.9. The number of hydrogen-bond donors (Lipinski definition) is 1. The minimum absolute atomic E-state index is 0.122. The first-order valence-corrected chi connectivity index (χ1v) is 7.83. The van der Waals surface area contributed by atoms with Crippen LogP contribution in [0.15, 0.2) is 24.3 Å². The maximum atomic E-state index is 12.2. The lowest BCUT2D eigenvalue weighted by atomic mass is 10.0. The molecule has 22 heavy (non-hydrogen) atoms. The second-order valence-corrected chi connectivity index (χ2v) is 6.44. The van der Waals surface area contributed by atoms with Gasteiger partial charge in [0, 0.05) is 19.6 Å². The molecule has 0 spiro atoms. The van der Waals surface area contributed by atoms with Crippen LogP contribution in [0.2, 0.25) is 0 Å². The van der Waals surface area contributed by atoms with Gasteiger partial charge in [-0.25, -0.2) is 4.79 Å². The van der Waals surface area contributed by atoms with E-state index < -0.39 is 5.60 Å². The molecule has 0 aromatic heterocycles. The number of carbonyl (C=O) groups excluding carboxylic acids is 1. The Bertz CT molecular complexity index is 494. The molecule has 0 bridgehead atoms. The van der Waals surface area contributed by atoms with E-state index in [1.165, 1.54) is 0 Å². The maximum Gasteiger partial charge on any atom is 0.410 e. The number of nitrogens with one attached hydrogen (secondary N) is 1. The Balaban J connectivity index is 1.99. The van der Waals surface area contributed by atoms with Gasteiger partial charge in [0.25, 0.3) is 0 Å². The van der Waals surface area contributed by atoms with Crippen LogP contribution in [-0.2, 0) is 4.74 Å². The van der Waals surface area contributed by atoms with E-state index in [0.29, 0.717) is 19.7 Å². The van der Waals surface area contributed by atoms with E-state index in [1.807, 2.05) is 52.0 Å². The average Bonchev–Trinajstić information content (AvgIpc) is 2.47. The number of benzene rings is 1. The normalized spacial score (nSPS) is 18.9. The van der Waals surface area contributed by atoms with E-state index in [1.54, 1.807) is 4.90 Å². The lowest BCUT2D eigenvalue weighted by molar-refractivity contribution is 0.0195. The van der Waals surface area contributed by atoms with E-state index in [-0.39, 0.29) is 12.1 Å². The summed E-state index contributed by atoms with van der Waals surface area (Å²) in [4.78, 5) is 14.0. The van der Waals surface area contributed by atoms with Crippen molar-refractivity contribution >= 4 is 6.09 Å². The fourth-order valence-corrected chi connectivity index (χ4v) is 2.43. The van der Waals surface area contributed by atoms with Gasteiger partial charge in [0.15, 0.2) is 0 Å². The summed E-state index contributed by atoms with van der Waals surface area (Å²) in [6.07, 6.45) is -0.245. The van der Waals surface area contributed by atoms with Crippen LogP contribution in [0.3, 0.4) is 0 Å². The number of piperazine rings is 1. The van der Waals surface area contributed by atoms with Crippen molar-refractivity contribution in [3.05, 3.63) is 29.8 Å². The highest BCUT2D eigenvalue weighted by molar-refractivity contribution is 5.68. The Morgan fingerprint density at radius 2 is 2.00 bits per heavy atom. The van der Waals surface area contributed by atoms with Crippen LogP contribution in [0, 0.1) is 0 Å². The van der Waals surface area contributed by atoms with E-state index >= 15 is 0 Å². The molecular weight excluding hydrogens is 280 g/mol. The molecule has 0 saturated carbocycles. The van der Waals surface area contributed by atoms with Gasteiger partial charge in [-0.15, -0.1) is 0 Å². The summed E-state index contributed by atoms with van der Waals surface area (Å²) >= 11 is 0. The molecule has 1 heterocycles. The van der Waals surface area contributed by atoms with Gasteiger partial charge in [-0.2, -0.15) is 0 Å². The Labute approximate surface area is 132 Å². The summed E-state index contributed by atoms with van der Waals surface area (Å²) in [5.41, 5.74) is 0.688. The molecule has 1 aliphatic heterocycles. The highest BCUT2D eigenvalue weighted by Gasteiger charge is 2.27. The third kappa shape index (κ3) is 4.63. The van der Waals surface area contributed by atoms with Crippen LogP contribution < -0.4 is 10.1 Å². The van der Waals surface area contributed by atoms with E-state index in [9.17, 15) is 4.79 Å². The quantitative estimate of drug-likeness (QED) is 0.933. The molecule has 5 nitrogen and oxygen atoms in total. The van der Waals surface area contributed by atoms with Crippen LogP contribution in [0.5, 0.6) is 5.75 Å². The molecule has 122 valence electrons. The number of carbonyl (C=O) groups is 1. The average molecular weight is 306 g/mol. The monoisotopic (exact) mass is 306 g/mol. The Kier molecular flexibility index (Phi) is 5.29. The van der Waals surface area contributed by atoms with Gasteiger partial charge in [0.1, 0.15) is 11.4 Å². The van der Waals surface area contributed by atoms with Crippen LogP contribution in [0.1, 0.15) is 39.3 Å². The molecule has 1 atom stereocenters. The predicted octanol–water partition coefficient (Wildman–Crippen LogP) is 2.97. The van der Waals surface area contributed by atoms with Crippen LogP contribution >= 0.6 is 0 Å². The standard InChI is InChI=1S/C17H26N2O3/c1-5-21-14-8-6-13(7-9-14)15-12-19(11-10-18-15)16(20)22-17(2,3)4/h6-9,15,18H,5,10-12H2,1-4H3. The molecule has 2 rings (SSSR count). The summed E-state index contributed by atoms with van der Waals surface area (Å²) < 4.78 is 10.9. The zero-order valence-corrected chi connectivity index (χ0v) is 13.9.